The number of benzene rings is 1. The standard InChI is InChI=1S/C14H22ClNO/c1-9-10(2)14(17-6)12(7-8-16(4)5)11(3)13(9)15/h7-8H2,1-6H3. The van der Waals surface area contributed by atoms with Gasteiger partial charge in [0.2, 0.25) is 0 Å². The lowest BCUT2D eigenvalue weighted by Crippen LogP contribution is -2.16. The van der Waals surface area contributed by atoms with Crippen molar-refractivity contribution in [2.24, 2.45) is 0 Å². The van der Waals surface area contributed by atoms with Gasteiger partial charge in [0.1, 0.15) is 5.75 Å². The number of hydrogen-bond acceptors (Lipinski definition) is 2. The summed E-state index contributed by atoms with van der Waals surface area (Å²) in [5.74, 6) is 0.992. The molecule has 0 bridgehead atoms. The molecule has 3 heteroatoms. The fourth-order valence-electron chi connectivity index (χ4n) is 2.06. The Morgan fingerprint density at radius 1 is 1.06 bits per heavy atom. The molecule has 0 saturated heterocycles. The van der Waals surface area contributed by atoms with Crippen LogP contribution >= 0.6 is 11.6 Å². The Morgan fingerprint density at radius 3 is 2.12 bits per heavy atom. The summed E-state index contributed by atoms with van der Waals surface area (Å²) < 4.78 is 5.55. The topological polar surface area (TPSA) is 12.5 Å². The molecule has 0 atom stereocenters. The summed E-state index contributed by atoms with van der Waals surface area (Å²) in [5, 5.41) is 0.872. The number of rotatable bonds is 4. The van der Waals surface area contributed by atoms with Crippen molar-refractivity contribution in [2.75, 3.05) is 27.7 Å². The lowest BCUT2D eigenvalue weighted by atomic mass is 9.96. The first-order chi connectivity index (χ1) is 7.90. The largest absolute Gasteiger partial charge is 0.496 e. The average molecular weight is 256 g/mol. The highest BCUT2D eigenvalue weighted by Gasteiger charge is 2.16. The van der Waals surface area contributed by atoms with Crippen LogP contribution in [0, 0.1) is 20.8 Å². The molecule has 96 valence electrons. The second-order valence-electron chi connectivity index (χ2n) is 4.75. The van der Waals surface area contributed by atoms with Crippen molar-refractivity contribution in [1.82, 2.24) is 4.90 Å². The molecular weight excluding hydrogens is 234 g/mol. The van der Waals surface area contributed by atoms with E-state index in [0.717, 1.165) is 40.4 Å². The molecule has 0 aromatic heterocycles. The highest BCUT2D eigenvalue weighted by Crippen LogP contribution is 2.35. The number of nitrogens with zero attached hydrogens (tertiary/aromatic N) is 1. The predicted molar refractivity (Wildman–Crippen MR) is 74.5 cm³/mol. The fraction of sp³-hybridized carbons (Fsp3) is 0.571. The zero-order chi connectivity index (χ0) is 13.2. The van der Waals surface area contributed by atoms with Crippen LogP contribution in [0.25, 0.3) is 0 Å². The third-order valence-electron chi connectivity index (χ3n) is 3.30. The molecule has 1 rings (SSSR count). The second kappa shape index (κ2) is 5.74. The smallest absolute Gasteiger partial charge is 0.125 e. The Hall–Kier alpha value is -0.730. The third-order valence-corrected chi connectivity index (χ3v) is 3.87. The Morgan fingerprint density at radius 2 is 1.65 bits per heavy atom. The average Bonchev–Trinajstić information content (AvgIpc) is 2.29. The monoisotopic (exact) mass is 255 g/mol. The highest BCUT2D eigenvalue weighted by molar-refractivity contribution is 6.32. The predicted octanol–water partition coefficient (Wildman–Crippen LogP) is 3.38. The van der Waals surface area contributed by atoms with E-state index in [0.29, 0.717) is 0 Å². The highest BCUT2D eigenvalue weighted by atomic mass is 35.5. The molecule has 0 N–H and O–H groups in total. The quantitative estimate of drug-likeness (QED) is 0.818. The Bertz CT molecular complexity index is 413. The molecule has 0 spiro atoms. The van der Waals surface area contributed by atoms with Gasteiger partial charge in [-0.25, -0.2) is 0 Å². The molecule has 1 aromatic rings. The summed E-state index contributed by atoms with van der Waals surface area (Å²) in [6.07, 6.45) is 0.961. The van der Waals surface area contributed by atoms with E-state index in [1.54, 1.807) is 7.11 Å². The fourth-order valence-corrected chi connectivity index (χ4v) is 2.31. The second-order valence-corrected chi connectivity index (χ2v) is 5.13. The van der Waals surface area contributed by atoms with Crippen molar-refractivity contribution in [2.45, 2.75) is 27.2 Å². The number of halogens is 1. The molecule has 0 radical (unpaired) electrons. The molecular formula is C14H22ClNO. The molecule has 0 saturated carbocycles. The van der Waals surface area contributed by atoms with Gasteiger partial charge in [-0.2, -0.15) is 0 Å². The number of ether oxygens (including phenoxy) is 1. The molecule has 17 heavy (non-hydrogen) atoms. The van der Waals surface area contributed by atoms with E-state index in [1.165, 1.54) is 5.56 Å². The van der Waals surface area contributed by atoms with Gasteiger partial charge in [-0.05, 0) is 58.0 Å². The summed E-state index contributed by atoms with van der Waals surface area (Å²) in [5.41, 5.74) is 4.65. The van der Waals surface area contributed by atoms with Gasteiger partial charge in [0.05, 0.1) is 7.11 Å². The van der Waals surface area contributed by atoms with Crippen molar-refractivity contribution in [3.8, 4) is 5.75 Å². The maximum atomic E-state index is 6.36. The molecule has 0 fully saturated rings. The van der Waals surface area contributed by atoms with Crippen LogP contribution in [0.4, 0.5) is 0 Å². The molecule has 0 heterocycles. The Balaban J connectivity index is 3.26. The molecule has 0 aliphatic heterocycles. The minimum atomic E-state index is 0.872. The van der Waals surface area contributed by atoms with Crippen LogP contribution in [0.5, 0.6) is 5.75 Å². The minimum absolute atomic E-state index is 0.872. The first kappa shape index (κ1) is 14.3. The van der Waals surface area contributed by atoms with E-state index >= 15 is 0 Å². The van der Waals surface area contributed by atoms with Crippen molar-refractivity contribution < 1.29 is 4.74 Å². The Kier molecular flexibility index (Phi) is 4.84. The van der Waals surface area contributed by atoms with E-state index in [9.17, 15) is 0 Å². The molecule has 1 aromatic carbocycles. The molecule has 0 unspecified atom stereocenters. The van der Waals surface area contributed by atoms with Gasteiger partial charge < -0.3 is 9.64 Å². The van der Waals surface area contributed by atoms with E-state index in [2.05, 4.69) is 32.8 Å². The lowest BCUT2D eigenvalue weighted by Gasteiger charge is -2.20. The summed E-state index contributed by atoms with van der Waals surface area (Å²) in [6, 6.07) is 0. The van der Waals surface area contributed by atoms with Gasteiger partial charge in [0.25, 0.3) is 0 Å². The molecule has 2 nitrogen and oxygen atoms in total. The Labute approximate surface area is 110 Å². The number of likely N-dealkylation sites (N-methyl/N-ethyl adjacent to an activating group) is 1. The van der Waals surface area contributed by atoms with Crippen molar-refractivity contribution in [3.63, 3.8) is 0 Å². The lowest BCUT2D eigenvalue weighted by molar-refractivity contribution is 0.389. The van der Waals surface area contributed by atoms with Crippen molar-refractivity contribution >= 4 is 11.6 Å². The van der Waals surface area contributed by atoms with Crippen LogP contribution in [-0.4, -0.2) is 32.6 Å². The van der Waals surface area contributed by atoms with E-state index in [-0.39, 0.29) is 0 Å². The van der Waals surface area contributed by atoms with E-state index < -0.39 is 0 Å². The van der Waals surface area contributed by atoms with Gasteiger partial charge in [-0.15, -0.1) is 0 Å². The van der Waals surface area contributed by atoms with Gasteiger partial charge in [-0.3, -0.25) is 0 Å². The van der Waals surface area contributed by atoms with Crippen LogP contribution in [-0.2, 0) is 6.42 Å². The minimum Gasteiger partial charge on any atom is -0.496 e. The van der Waals surface area contributed by atoms with Crippen LogP contribution < -0.4 is 4.74 Å². The molecule has 0 aliphatic rings. The number of methoxy groups -OCH3 is 1. The zero-order valence-electron chi connectivity index (χ0n) is 11.6. The number of hydrogen-bond donors (Lipinski definition) is 0. The van der Waals surface area contributed by atoms with Crippen LogP contribution in [0.3, 0.4) is 0 Å². The van der Waals surface area contributed by atoms with Crippen LogP contribution in [0.2, 0.25) is 5.02 Å². The van der Waals surface area contributed by atoms with E-state index in [1.807, 2.05) is 6.92 Å². The normalized spacial score (nSPS) is 11.1. The van der Waals surface area contributed by atoms with Gasteiger partial charge in [0, 0.05) is 17.1 Å². The van der Waals surface area contributed by atoms with Gasteiger partial charge in [0.15, 0.2) is 0 Å². The van der Waals surface area contributed by atoms with Crippen molar-refractivity contribution in [3.05, 3.63) is 27.3 Å². The summed E-state index contributed by atoms with van der Waals surface area (Å²) in [4.78, 5) is 2.17. The van der Waals surface area contributed by atoms with E-state index in [4.69, 9.17) is 16.3 Å². The maximum absolute atomic E-state index is 6.36. The molecule has 0 aliphatic carbocycles. The van der Waals surface area contributed by atoms with Crippen LogP contribution in [0.1, 0.15) is 22.3 Å². The summed E-state index contributed by atoms with van der Waals surface area (Å²) >= 11 is 6.36. The summed E-state index contributed by atoms with van der Waals surface area (Å²) in [6.45, 7) is 7.18. The zero-order valence-corrected chi connectivity index (χ0v) is 12.4. The van der Waals surface area contributed by atoms with Crippen LogP contribution in [0.15, 0.2) is 0 Å². The summed E-state index contributed by atoms with van der Waals surface area (Å²) in [7, 11) is 5.88. The first-order valence-corrected chi connectivity index (χ1v) is 6.24. The first-order valence-electron chi connectivity index (χ1n) is 5.87. The third kappa shape index (κ3) is 2.93. The van der Waals surface area contributed by atoms with Gasteiger partial charge >= 0.3 is 0 Å². The van der Waals surface area contributed by atoms with Gasteiger partial charge in [-0.1, -0.05) is 11.6 Å². The van der Waals surface area contributed by atoms with Crippen molar-refractivity contribution in [1.29, 1.82) is 0 Å². The maximum Gasteiger partial charge on any atom is 0.125 e. The molecule has 0 amide bonds. The SMILES string of the molecule is COc1c(C)c(C)c(Cl)c(C)c1CCN(C)C.